The summed E-state index contributed by atoms with van der Waals surface area (Å²) in [6.07, 6.45) is 10.3. The Balaban J connectivity index is 0.899. The summed E-state index contributed by atoms with van der Waals surface area (Å²) < 4.78 is 16.9. The van der Waals surface area contributed by atoms with Crippen LogP contribution in [-0.4, -0.2) is 118 Å². The summed E-state index contributed by atoms with van der Waals surface area (Å²) >= 11 is 0. The minimum atomic E-state index is -1.29. The Morgan fingerprint density at radius 2 is 1.71 bits per heavy atom. The van der Waals surface area contributed by atoms with Gasteiger partial charge in [-0.1, -0.05) is 0 Å². The summed E-state index contributed by atoms with van der Waals surface area (Å²) in [7, 11) is 1.51. The second kappa shape index (κ2) is 19.1. The van der Waals surface area contributed by atoms with E-state index in [1.54, 1.807) is 50.4 Å². The van der Waals surface area contributed by atoms with Gasteiger partial charge in [0.25, 0.3) is 5.91 Å². The number of nitriles is 1. The molecule has 0 spiro atoms. The van der Waals surface area contributed by atoms with Crippen molar-refractivity contribution in [2.45, 2.75) is 102 Å². The quantitative estimate of drug-likeness (QED) is 0.0809. The highest BCUT2D eigenvalue weighted by atomic mass is 19.1. The molecule has 5 N–H and O–H groups in total. The minimum Gasteiger partial charge on any atom is -0.398 e. The van der Waals surface area contributed by atoms with Crippen molar-refractivity contribution in [3.8, 4) is 6.07 Å². The molecule has 2 amide bonds. The van der Waals surface area contributed by atoms with Gasteiger partial charge in [0.1, 0.15) is 23.9 Å². The van der Waals surface area contributed by atoms with E-state index in [2.05, 4.69) is 41.5 Å². The molecule has 1 aliphatic carbocycles. The van der Waals surface area contributed by atoms with E-state index < -0.39 is 23.2 Å². The number of halogens is 1. The van der Waals surface area contributed by atoms with Crippen LogP contribution in [0.3, 0.4) is 0 Å². The molecule has 7 rings (SSSR count). The highest BCUT2D eigenvalue weighted by Crippen LogP contribution is 2.34. The number of hydrogen-bond acceptors (Lipinski definition) is 12. The number of carbonyl (C=O) groups excluding carboxylic acids is 3. The fourth-order valence-corrected chi connectivity index (χ4v) is 9.43. The molecule has 16 heteroatoms. The summed E-state index contributed by atoms with van der Waals surface area (Å²) in [5, 5.41) is 30.0. The topological polar surface area (TPSA) is 198 Å². The molecule has 1 saturated carbocycles. The zero-order valence-corrected chi connectivity index (χ0v) is 36.1. The van der Waals surface area contributed by atoms with Gasteiger partial charge in [0.05, 0.1) is 51.9 Å². The van der Waals surface area contributed by atoms with E-state index in [1.807, 2.05) is 6.92 Å². The molecule has 0 radical (unpaired) electrons. The van der Waals surface area contributed by atoms with Gasteiger partial charge < -0.3 is 31.2 Å². The lowest BCUT2D eigenvalue weighted by Gasteiger charge is -2.46. The number of carbonyl (C=O) groups is 3. The summed E-state index contributed by atoms with van der Waals surface area (Å²) in [4.78, 5) is 54.0. The van der Waals surface area contributed by atoms with Crippen molar-refractivity contribution < 1.29 is 23.9 Å². The molecular formula is C46H58FN11O4. The second-order valence-electron chi connectivity index (χ2n) is 17.4. The first kappa shape index (κ1) is 44.3. The van der Waals surface area contributed by atoms with Crippen molar-refractivity contribution in [1.29, 1.82) is 5.26 Å². The van der Waals surface area contributed by atoms with Crippen molar-refractivity contribution in [2.24, 2.45) is 4.99 Å². The number of piperazine rings is 1. The van der Waals surface area contributed by atoms with E-state index in [4.69, 9.17) is 10.7 Å². The third kappa shape index (κ3) is 9.80. The number of benzene rings is 1. The van der Waals surface area contributed by atoms with E-state index >= 15 is 4.39 Å². The molecular weight excluding hydrogens is 790 g/mol. The molecule has 2 saturated heterocycles. The van der Waals surface area contributed by atoms with Gasteiger partial charge >= 0.3 is 0 Å². The molecule has 0 bridgehead atoms. The number of aliphatic hydroxyl groups is 1. The predicted octanol–water partition coefficient (Wildman–Crippen LogP) is 4.94. The number of nitrogen functional groups attached to an aromatic ring is 1. The standard InChI is InChI=1S/C46H58FN11O4/c1-29-42(25-38(47)43(53-29)36(6-5-21-59)44(60)50-4)57-15-13-34(14-16-57)56-19-17-55(18-20-56)33-9-7-32(8-10-33)51-28-31-23-40(37(24-39(31)49)46(2,3)62)54-45(61)41-12-11-35-22-30(26-48)27-52-58(35)41/h11-12,21-25,27-28,32-34,36,62H,5-10,13-20,49H2,1-4H3,(H,50,60)(H,54,61)/t32?,33?,36-/m1/s1. The predicted molar refractivity (Wildman–Crippen MR) is 237 cm³/mol. The summed E-state index contributed by atoms with van der Waals surface area (Å²) in [6, 6.07) is 13.2. The fraction of sp³-hybridized carbons (Fsp3) is 0.500. The first-order chi connectivity index (χ1) is 29.8. The van der Waals surface area contributed by atoms with Gasteiger partial charge in [0.15, 0.2) is 0 Å². The Morgan fingerprint density at radius 1 is 1.03 bits per heavy atom. The monoisotopic (exact) mass is 847 g/mol. The molecule has 3 aromatic heterocycles. The normalized spacial score (nSPS) is 20.0. The maximum atomic E-state index is 15.4. The number of aromatic nitrogens is 3. The zero-order valence-electron chi connectivity index (χ0n) is 36.1. The van der Waals surface area contributed by atoms with Crippen LogP contribution in [0.15, 0.2) is 47.6 Å². The number of rotatable bonds is 13. The van der Waals surface area contributed by atoms with Crippen molar-refractivity contribution >= 4 is 46.9 Å². The van der Waals surface area contributed by atoms with E-state index in [9.17, 15) is 24.8 Å². The van der Waals surface area contributed by atoms with E-state index in [0.29, 0.717) is 51.4 Å². The number of pyridine rings is 1. The van der Waals surface area contributed by atoms with Gasteiger partial charge in [-0.05, 0) is 96.0 Å². The fourth-order valence-electron chi connectivity index (χ4n) is 9.43. The number of piperidine rings is 1. The van der Waals surface area contributed by atoms with Crippen LogP contribution in [0.5, 0.6) is 0 Å². The highest BCUT2D eigenvalue weighted by molar-refractivity contribution is 6.05. The number of anilines is 3. The number of likely N-dealkylation sites (N-methyl/N-ethyl adjacent to an activating group) is 1. The molecule has 1 aromatic carbocycles. The smallest absolute Gasteiger partial charge is 0.274 e. The Bertz CT molecular complexity index is 2340. The lowest BCUT2D eigenvalue weighted by atomic mass is 9.90. The summed E-state index contributed by atoms with van der Waals surface area (Å²) in [6.45, 7) is 10.9. The first-order valence-electron chi connectivity index (χ1n) is 21.7. The van der Waals surface area contributed by atoms with E-state index in [0.717, 1.165) is 89.8 Å². The molecule has 3 fully saturated rings. The van der Waals surface area contributed by atoms with Crippen LogP contribution in [-0.2, 0) is 15.2 Å². The van der Waals surface area contributed by atoms with E-state index in [1.165, 1.54) is 23.8 Å². The SMILES string of the molecule is CNC(=O)[C@H](CCC=O)c1nc(C)c(N2CCC(N3CCN(C4CCC(N=Cc5cc(NC(=O)c6ccc7cc(C#N)cnn67)c(C(C)(C)O)cc5N)CC4)CC3)CC2)cc1F. The number of nitrogens with one attached hydrogen (secondary N) is 2. The molecule has 5 heterocycles. The molecule has 328 valence electrons. The van der Waals surface area contributed by atoms with Crippen molar-refractivity contribution in [2.75, 3.05) is 62.3 Å². The summed E-state index contributed by atoms with van der Waals surface area (Å²) in [5.41, 5.74) is 10.1. The van der Waals surface area contributed by atoms with Crippen LogP contribution in [0.2, 0.25) is 0 Å². The summed E-state index contributed by atoms with van der Waals surface area (Å²) in [5.74, 6) is -2.08. The second-order valence-corrected chi connectivity index (χ2v) is 17.4. The van der Waals surface area contributed by atoms with Gasteiger partial charge in [-0.2, -0.15) is 10.4 Å². The molecule has 4 aromatic rings. The van der Waals surface area contributed by atoms with Crippen molar-refractivity contribution in [1.82, 2.24) is 29.7 Å². The maximum Gasteiger partial charge on any atom is 0.274 e. The largest absolute Gasteiger partial charge is 0.398 e. The number of aryl methyl sites for hydroxylation is 1. The Morgan fingerprint density at radius 3 is 2.34 bits per heavy atom. The zero-order chi connectivity index (χ0) is 44.1. The van der Waals surface area contributed by atoms with E-state index in [-0.39, 0.29) is 36.2 Å². The molecule has 15 nitrogen and oxygen atoms in total. The van der Waals surface area contributed by atoms with Crippen molar-refractivity contribution in [3.63, 3.8) is 0 Å². The third-order valence-corrected chi connectivity index (χ3v) is 12.9. The molecule has 2 aliphatic heterocycles. The van der Waals surface area contributed by atoms with Crippen LogP contribution in [0.1, 0.15) is 110 Å². The number of nitrogens with two attached hydrogens (primary N) is 1. The number of aliphatic imine (C=N–C) groups is 1. The van der Waals surface area contributed by atoms with Gasteiger partial charge in [-0.25, -0.2) is 8.91 Å². The van der Waals surface area contributed by atoms with Crippen LogP contribution < -0.4 is 21.3 Å². The number of hydrogen-bond donors (Lipinski definition) is 4. The first-order valence-corrected chi connectivity index (χ1v) is 21.7. The molecule has 0 unspecified atom stereocenters. The number of nitrogens with zero attached hydrogens (tertiary/aromatic N) is 8. The number of aldehydes is 1. The van der Waals surface area contributed by atoms with Crippen LogP contribution in [0, 0.1) is 24.1 Å². The lowest BCUT2D eigenvalue weighted by Crippen LogP contribution is -2.55. The van der Waals surface area contributed by atoms with Gasteiger partial charge in [0, 0.05) is 99.6 Å². The molecule has 3 aliphatic rings. The third-order valence-electron chi connectivity index (χ3n) is 12.9. The molecule has 62 heavy (non-hydrogen) atoms. The van der Waals surface area contributed by atoms with Crippen LogP contribution in [0.4, 0.5) is 21.5 Å². The maximum absolute atomic E-state index is 15.4. The number of fused-ring (bicyclic) bond motifs is 1. The van der Waals surface area contributed by atoms with Crippen LogP contribution >= 0.6 is 0 Å². The lowest BCUT2D eigenvalue weighted by molar-refractivity contribution is -0.122. The average Bonchev–Trinajstić information content (AvgIpc) is 3.71. The van der Waals surface area contributed by atoms with Crippen molar-refractivity contribution in [3.05, 3.63) is 82.2 Å². The Hall–Kier alpha value is -5.76. The van der Waals surface area contributed by atoms with Gasteiger partial charge in [-0.3, -0.25) is 29.4 Å². The Kier molecular flexibility index (Phi) is 13.6. The number of amides is 2. The molecule has 1 atom stereocenters. The van der Waals surface area contributed by atoms with Crippen LogP contribution in [0.25, 0.3) is 5.52 Å². The highest BCUT2D eigenvalue weighted by Gasteiger charge is 2.33. The minimum absolute atomic E-state index is 0.0962. The average molecular weight is 848 g/mol. The Labute approximate surface area is 362 Å². The van der Waals surface area contributed by atoms with Gasteiger partial charge in [-0.15, -0.1) is 0 Å². The van der Waals surface area contributed by atoms with Gasteiger partial charge in [0.2, 0.25) is 5.91 Å².